The molecule has 0 bridgehead atoms. The molecule has 0 N–H and O–H groups in total. The van der Waals surface area contributed by atoms with E-state index in [0.29, 0.717) is 18.7 Å². The second kappa shape index (κ2) is 8.27. The van der Waals surface area contributed by atoms with Crippen molar-refractivity contribution in [3.05, 3.63) is 23.8 Å². The summed E-state index contributed by atoms with van der Waals surface area (Å²) < 4.78 is 71.6. The van der Waals surface area contributed by atoms with E-state index in [0.717, 1.165) is 16.8 Å². The number of hydrogen-bond acceptors (Lipinski definition) is 5. The number of nitrogens with zero attached hydrogens (tertiary/aromatic N) is 2. The fourth-order valence-corrected chi connectivity index (χ4v) is 5.57. The summed E-state index contributed by atoms with van der Waals surface area (Å²) in [6.45, 7) is 1.36. The van der Waals surface area contributed by atoms with Crippen molar-refractivity contribution in [1.29, 1.82) is 0 Å². The normalized spacial score (nSPS) is 22.8. The van der Waals surface area contributed by atoms with Crippen LogP contribution in [0.25, 0.3) is 0 Å². The average Bonchev–Trinajstić information content (AvgIpc) is 3.21. The average molecular weight is 448 g/mol. The molecule has 11 heteroatoms. The van der Waals surface area contributed by atoms with Gasteiger partial charge >= 0.3 is 6.18 Å². The van der Waals surface area contributed by atoms with Gasteiger partial charge in [-0.2, -0.15) is 17.5 Å². The third kappa shape index (κ3) is 3.97. The van der Waals surface area contributed by atoms with Gasteiger partial charge in [-0.15, -0.1) is 0 Å². The number of anilines is 1. The van der Waals surface area contributed by atoms with Crippen molar-refractivity contribution in [2.24, 2.45) is 5.92 Å². The Labute approximate surface area is 172 Å². The second-order valence-corrected chi connectivity index (χ2v) is 9.37. The monoisotopic (exact) mass is 448 g/mol. The maximum absolute atomic E-state index is 13.2. The molecule has 2 atom stereocenters. The van der Waals surface area contributed by atoms with Gasteiger partial charge in [0.1, 0.15) is 0 Å². The van der Waals surface area contributed by atoms with Crippen LogP contribution in [-0.2, 0) is 19.6 Å². The molecule has 0 unspecified atom stereocenters. The smallest absolute Gasteiger partial charge is 0.383 e. The summed E-state index contributed by atoms with van der Waals surface area (Å²) in [6, 6.07) is 2.70. The summed E-state index contributed by atoms with van der Waals surface area (Å²) in [4.78, 5) is 25.6. The molecule has 30 heavy (non-hydrogen) atoms. The fourth-order valence-electron chi connectivity index (χ4n) is 3.88. The predicted molar refractivity (Wildman–Crippen MR) is 102 cm³/mol. The summed E-state index contributed by atoms with van der Waals surface area (Å²) >= 11 is 0. The number of unbranched alkanes of at least 4 members (excludes halogenated alkanes) is 1. The summed E-state index contributed by atoms with van der Waals surface area (Å²) in [7, 11) is -3.04. The number of amides is 1. The molecular formula is C19H23F3N2O5S. The number of ether oxygens (including phenoxy) is 1. The number of hydrogen-bond donors (Lipinski definition) is 0. The number of alkyl halides is 3. The Morgan fingerprint density at radius 3 is 2.53 bits per heavy atom. The highest BCUT2D eigenvalue weighted by atomic mass is 32.2. The third-order valence-electron chi connectivity index (χ3n) is 5.47. The van der Waals surface area contributed by atoms with Gasteiger partial charge in [-0.05, 0) is 31.0 Å². The highest BCUT2D eigenvalue weighted by Gasteiger charge is 2.51. The lowest BCUT2D eigenvalue weighted by Gasteiger charge is -2.24. The minimum atomic E-state index is -4.53. The van der Waals surface area contributed by atoms with E-state index in [4.69, 9.17) is 4.74 Å². The van der Waals surface area contributed by atoms with Crippen molar-refractivity contribution < 1.29 is 35.9 Å². The van der Waals surface area contributed by atoms with Gasteiger partial charge in [-0.3, -0.25) is 9.59 Å². The van der Waals surface area contributed by atoms with Crippen LogP contribution in [0.3, 0.4) is 0 Å². The van der Waals surface area contributed by atoms with E-state index < -0.39 is 52.8 Å². The van der Waals surface area contributed by atoms with E-state index in [9.17, 15) is 31.2 Å². The van der Waals surface area contributed by atoms with Crippen molar-refractivity contribution in [3.8, 4) is 0 Å². The maximum atomic E-state index is 13.2. The summed E-state index contributed by atoms with van der Waals surface area (Å²) in [5, 5.41) is 0. The number of benzene rings is 1. The first-order valence-electron chi connectivity index (χ1n) is 9.60. The number of carbonyl (C=O) groups is 2. The Hall–Kier alpha value is -1.98. The predicted octanol–water partition coefficient (Wildman–Crippen LogP) is 2.60. The van der Waals surface area contributed by atoms with E-state index in [1.54, 1.807) is 0 Å². The van der Waals surface area contributed by atoms with Crippen LogP contribution in [0.4, 0.5) is 18.9 Å². The molecule has 2 heterocycles. The van der Waals surface area contributed by atoms with Crippen LogP contribution in [0.1, 0.15) is 36.5 Å². The maximum Gasteiger partial charge on any atom is 0.393 e. The van der Waals surface area contributed by atoms with Crippen LogP contribution in [0.15, 0.2) is 23.1 Å². The Bertz CT molecular complexity index is 948. The molecule has 1 amide bonds. The third-order valence-corrected chi connectivity index (χ3v) is 7.39. The zero-order valence-corrected chi connectivity index (χ0v) is 17.4. The van der Waals surface area contributed by atoms with Gasteiger partial charge in [-0.1, -0.05) is 13.3 Å². The molecule has 2 aliphatic heterocycles. The lowest BCUT2D eigenvalue weighted by Crippen LogP contribution is -2.38. The van der Waals surface area contributed by atoms with Crippen LogP contribution < -0.4 is 4.90 Å². The molecule has 0 spiro atoms. The summed E-state index contributed by atoms with van der Waals surface area (Å²) in [5.41, 5.74) is 0.271. The minimum absolute atomic E-state index is 0.0490. The van der Waals surface area contributed by atoms with Crippen molar-refractivity contribution in [2.45, 2.75) is 43.3 Å². The van der Waals surface area contributed by atoms with Crippen LogP contribution in [0.2, 0.25) is 0 Å². The lowest BCUT2D eigenvalue weighted by molar-refractivity contribution is -0.170. The molecule has 1 saturated heterocycles. The molecule has 0 aliphatic carbocycles. The molecule has 0 radical (unpaired) electrons. The van der Waals surface area contributed by atoms with E-state index >= 15 is 0 Å². The lowest BCUT2D eigenvalue weighted by atomic mass is 10.1. The number of rotatable bonds is 7. The van der Waals surface area contributed by atoms with E-state index in [-0.39, 0.29) is 17.1 Å². The van der Waals surface area contributed by atoms with Gasteiger partial charge in [0, 0.05) is 26.2 Å². The number of fused-ring (bicyclic) bond motifs is 1. The van der Waals surface area contributed by atoms with Gasteiger partial charge in [0.2, 0.25) is 10.0 Å². The standard InChI is InChI=1S/C19H23F3N2O5S/c1-3-4-7-23-16-6-5-14(9-15(16)17(25)18(23)26)30(27,28)24-10-12(19(20,21)22)8-13(24)11-29-2/h5-6,9,12-13H,3-4,7-8,10-11H2,1-2H3/t12-,13+/m1/s1. The number of halogens is 3. The first kappa shape index (κ1) is 22.7. The first-order valence-corrected chi connectivity index (χ1v) is 11.0. The molecule has 166 valence electrons. The molecular weight excluding hydrogens is 425 g/mol. The highest BCUT2D eigenvalue weighted by Crippen LogP contribution is 2.40. The second-order valence-electron chi connectivity index (χ2n) is 7.48. The van der Waals surface area contributed by atoms with Gasteiger partial charge in [0.15, 0.2) is 0 Å². The quantitative estimate of drug-likeness (QED) is 0.599. The molecule has 1 aromatic rings. The van der Waals surface area contributed by atoms with Crippen LogP contribution in [-0.4, -0.2) is 63.4 Å². The number of Topliss-reactive ketones (excluding diaryl/α,β-unsaturated/α-hetero) is 1. The van der Waals surface area contributed by atoms with E-state index in [2.05, 4.69) is 0 Å². The molecule has 7 nitrogen and oxygen atoms in total. The SMILES string of the molecule is CCCCN1C(=O)C(=O)c2cc(S(=O)(=O)N3C[C@H](C(F)(F)F)C[C@H]3COC)ccc21. The van der Waals surface area contributed by atoms with Crippen molar-refractivity contribution in [2.75, 3.05) is 31.7 Å². The molecule has 3 rings (SSSR count). The Balaban J connectivity index is 1.95. The molecule has 1 aromatic carbocycles. The Morgan fingerprint density at radius 1 is 1.23 bits per heavy atom. The molecule has 0 aromatic heterocycles. The Morgan fingerprint density at radius 2 is 1.93 bits per heavy atom. The highest BCUT2D eigenvalue weighted by molar-refractivity contribution is 7.89. The van der Waals surface area contributed by atoms with Crippen molar-refractivity contribution >= 4 is 27.4 Å². The first-order chi connectivity index (χ1) is 14.0. The Kier molecular flexibility index (Phi) is 6.26. The largest absolute Gasteiger partial charge is 0.393 e. The van der Waals surface area contributed by atoms with Crippen LogP contribution in [0, 0.1) is 5.92 Å². The van der Waals surface area contributed by atoms with Crippen molar-refractivity contribution in [3.63, 3.8) is 0 Å². The van der Waals surface area contributed by atoms with Crippen LogP contribution in [0.5, 0.6) is 0 Å². The van der Waals surface area contributed by atoms with Crippen LogP contribution >= 0.6 is 0 Å². The van der Waals surface area contributed by atoms with Gasteiger partial charge in [-0.25, -0.2) is 8.42 Å². The molecule has 0 saturated carbocycles. The van der Waals surface area contributed by atoms with E-state index in [1.807, 2.05) is 6.92 Å². The number of ketones is 1. The summed E-state index contributed by atoms with van der Waals surface area (Å²) in [5.74, 6) is -3.35. The number of carbonyl (C=O) groups excluding carboxylic acids is 2. The molecule has 2 aliphatic rings. The molecule has 1 fully saturated rings. The van der Waals surface area contributed by atoms with Gasteiger partial charge in [0.25, 0.3) is 11.7 Å². The zero-order chi connectivity index (χ0) is 22.3. The van der Waals surface area contributed by atoms with Gasteiger partial charge < -0.3 is 9.64 Å². The fraction of sp³-hybridized carbons (Fsp3) is 0.579. The van der Waals surface area contributed by atoms with Gasteiger partial charge in [0.05, 0.1) is 28.7 Å². The topological polar surface area (TPSA) is 84.0 Å². The number of sulfonamides is 1. The van der Waals surface area contributed by atoms with E-state index in [1.165, 1.54) is 24.1 Å². The number of methoxy groups -OCH3 is 1. The van der Waals surface area contributed by atoms with Crippen molar-refractivity contribution in [1.82, 2.24) is 4.31 Å². The zero-order valence-electron chi connectivity index (χ0n) is 16.6. The summed E-state index contributed by atoms with van der Waals surface area (Å²) in [6.07, 6.45) is -3.46. The minimum Gasteiger partial charge on any atom is -0.383 e.